The average Bonchev–Trinajstić information content (AvgIpc) is 2.70. The molecule has 0 atom stereocenters. The van der Waals surface area contributed by atoms with Crippen molar-refractivity contribution in [2.24, 2.45) is 0 Å². The summed E-state index contributed by atoms with van der Waals surface area (Å²) in [5.41, 5.74) is 4.01. The molecule has 0 aliphatic heterocycles. The molecule has 1 aliphatic rings. The third-order valence-electron chi connectivity index (χ3n) is 2.77. The van der Waals surface area contributed by atoms with E-state index >= 15 is 0 Å². The van der Waals surface area contributed by atoms with Crippen LogP contribution in [0.4, 0.5) is 0 Å². The second-order valence-electron chi connectivity index (χ2n) is 3.82. The van der Waals surface area contributed by atoms with Gasteiger partial charge in [-0.2, -0.15) is 5.10 Å². The van der Waals surface area contributed by atoms with Crippen molar-refractivity contribution in [3.8, 4) is 11.3 Å². The molecule has 14 heavy (non-hydrogen) atoms. The number of rotatable bonds is 0. The maximum absolute atomic E-state index is 4.13. The Balaban J connectivity index is 2.26. The Kier molecular flexibility index (Phi) is 1.74. The van der Waals surface area contributed by atoms with Crippen molar-refractivity contribution in [2.45, 2.75) is 26.2 Å². The van der Waals surface area contributed by atoms with Crippen LogP contribution >= 0.6 is 11.3 Å². The molecule has 0 saturated heterocycles. The van der Waals surface area contributed by atoms with Crippen molar-refractivity contribution in [1.82, 2.24) is 10.2 Å². The molecule has 72 valence electrons. The summed E-state index contributed by atoms with van der Waals surface area (Å²) in [6, 6.07) is 2.28. The van der Waals surface area contributed by atoms with Crippen LogP contribution in [0.3, 0.4) is 0 Å². The van der Waals surface area contributed by atoms with E-state index in [-0.39, 0.29) is 0 Å². The zero-order valence-electron chi connectivity index (χ0n) is 8.13. The van der Waals surface area contributed by atoms with Gasteiger partial charge in [0, 0.05) is 15.3 Å². The molecule has 1 aliphatic carbocycles. The number of fused-ring (bicyclic) bond motifs is 3. The Bertz CT molecular complexity index is 467. The van der Waals surface area contributed by atoms with Crippen LogP contribution < -0.4 is 0 Å². The minimum atomic E-state index is 1.16. The van der Waals surface area contributed by atoms with Crippen molar-refractivity contribution >= 4 is 11.3 Å². The number of H-pyrrole nitrogens is 1. The summed E-state index contributed by atoms with van der Waals surface area (Å²) < 4.78 is 0. The summed E-state index contributed by atoms with van der Waals surface area (Å²) in [6.07, 6.45) is 5.60. The Hall–Kier alpha value is -1.09. The second-order valence-corrected chi connectivity index (χ2v) is 5.16. The lowest BCUT2D eigenvalue weighted by Gasteiger charge is -1.95. The Morgan fingerprint density at radius 2 is 2.36 bits per heavy atom. The molecule has 3 rings (SSSR count). The summed E-state index contributed by atoms with van der Waals surface area (Å²) >= 11 is 1.92. The van der Waals surface area contributed by atoms with Crippen molar-refractivity contribution in [1.29, 1.82) is 0 Å². The van der Waals surface area contributed by atoms with Crippen LogP contribution in [0.15, 0.2) is 12.3 Å². The van der Waals surface area contributed by atoms with Crippen LogP contribution in [0.2, 0.25) is 0 Å². The maximum Gasteiger partial charge on any atom is 0.0693 e. The fourth-order valence-electron chi connectivity index (χ4n) is 2.13. The number of nitrogens with zero attached hydrogens (tertiary/aromatic N) is 1. The first-order valence-electron chi connectivity index (χ1n) is 4.96. The van der Waals surface area contributed by atoms with Crippen LogP contribution in [0, 0.1) is 6.92 Å². The van der Waals surface area contributed by atoms with Gasteiger partial charge >= 0.3 is 0 Å². The Labute approximate surface area is 87.0 Å². The first-order valence-corrected chi connectivity index (χ1v) is 5.78. The lowest BCUT2D eigenvalue weighted by molar-refractivity contribution is 0.843. The van der Waals surface area contributed by atoms with Gasteiger partial charge in [0.1, 0.15) is 0 Å². The quantitative estimate of drug-likeness (QED) is 0.702. The van der Waals surface area contributed by atoms with E-state index in [1.807, 2.05) is 17.5 Å². The number of hydrogen-bond acceptors (Lipinski definition) is 2. The zero-order chi connectivity index (χ0) is 9.54. The van der Waals surface area contributed by atoms with Gasteiger partial charge in [-0.05, 0) is 37.8 Å². The summed E-state index contributed by atoms with van der Waals surface area (Å²) in [5, 5.41) is 7.26. The molecule has 2 nitrogen and oxygen atoms in total. The van der Waals surface area contributed by atoms with E-state index in [0.29, 0.717) is 0 Å². The predicted octanol–water partition coefficient (Wildman–Crippen LogP) is 2.94. The van der Waals surface area contributed by atoms with Gasteiger partial charge in [0.2, 0.25) is 0 Å². The fraction of sp³-hybridized carbons (Fsp3) is 0.364. The van der Waals surface area contributed by atoms with Crippen LogP contribution in [0.5, 0.6) is 0 Å². The largest absolute Gasteiger partial charge is 0.278 e. The minimum absolute atomic E-state index is 1.16. The number of aromatic nitrogens is 2. The number of thiophene rings is 1. The molecule has 1 N–H and O–H groups in total. The molecule has 2 aromatic heterocycles. The van der Waals surface area contributed by atoms with Gasteiger partial charge in [-0.1, -0.05) is 0 Å². The highest BCUT2D eigenvalue weighted by Gasteiger charge is 2.17. The second kappa shape index (κ2) is 2.95. The van der Waals surface area contributed by atoms with Gasteiger partial charge in [-0.25, -0.2) is 0 Å². The van der Waals surface area contributed by atoms with E-state index in [1.165, 1.54) is 39.4 Å². The number of nitrogens with one attached hydrogen (secondary N) is 1. The Morgan fingerprint density at radius 3 is 3.29 bits per heavy atom. The van der Waals surface area contributed by atoms with Crippen LogP contribution in [0.25, 0.3) is 11.3 Å². The molecule has 3 heteroatoms. The minimum Gasteiger partial charge on any atom is -0.278 e. The van der Waals surface area contributed by atoms with E-state index in [1.54, 1.807) is 0 Å². The van der Waals surface area contributed by atoms with Crippen molar-refractivity contribution in [3.05, 3.63) is 27.6 Å². The van der Waals surface area contributed by atoms with Gasteiger partial charge in [-0.3, -0.25) is 5.10 Å². The van der Waals surface area contributed by atoms with Crippen LogP contribution in [0.1, 0.15) is 21.7 Å². The lowest BCUT2D eigenvalue weighted by Crippen LogP contribution is -1.82. The summed E-state index contributed by atoms with van der Waals surface area (Å²) in [5.74, 6) is 0. The summed E-state index contributed by atoms with van der Waals surface area (Å²) in [4.78, 5) is 2.92. The van der Waals surface area contributed by atoms with E-state index in [4.69, 9.17) is 0 Å². The van der Waals surface area contributed by atoms with Gasteiger partial charge in [0.05, 0.1) is 11.9 Å². The predicted molar refractivity (Wildman–Crippen MR) is 58.7 cm³/mol. The monoisotopic (exact) mass is 204 g/mol. The third-order valence-corrected chi connectivity index (χ3v) is 3.88. The fourth-order valence-corrected chi connectivity index (χ4v) is 3.22. The first kappa shape index (κ1) is 8.24. The van der Waals surface area contributed by atoms with Crippen molar-refractivity contribution in [3.63, 3.8) is 0 Å². The molecule has 0 fully saturated rings. The van der Waals surface area contributed by atoms with E-state index in [9.17, 15) is 0 Å². The number of hydrogen-bond donors (Lipinski definition) is 1. The lowest BCUT2D eigenvalue weighted by atomic mass is 10.1. The molecular formula is C11H12N2S. The average molecular weight is 204 g/mol. The molecular weight excluding hydrogens is 192 g/mol. The number of aryl methyl sites for hydroxylation is 3. The summed E-state index contributed by atoms with van der Waals surface area (Å²) in [6.45, 7) is 2.18. The molecule has 2 aromatic rings. The smallest absolute Gasteiger partial charge is 0.0693 e. The van der Waals surface area contributed by atoms with Gasteiger partial charge in [0.15, 0.2) is 0 Å². The van der Waals surface area contributed by atoms with E-state index < -0.39 is 0 Å². The summed E-state index contributed by atoms with van der Waals surface area (Å²) in [7, 11) is 0. The molecule has 0 aromatic carbocycles. The molecule has 0 spiro atoms. The first-order chi connectivity index (χ1) is 6.84. The van der Waals surface area contributed by atoms with Gasteiger partial charge < -0.3 is 0 Å². The standard InChI is InChI=1S/C11H12N2S/c1-7-5-9-10(14-7)4-2-3-8-6-12-13-11(8)9/h5-6H,2-4H2,1H3,(H,12,13). The topological polar surface area (TPSA) is 28.7 Å². The SMILES string of the molecule is Cc1cc2c(s1)CCCc1cn[nH]c1-2. The van der Waals surface area contributed by atoms with Crippen LogP contribution in [-0.4, -0.2) is 10.2 Å². The normalized spacial score (nSPS) is 14.6. The zero-order valence-corrected chi connectivity index (χ0v) is 8.95. The highest BCUT2D eigenvalue weighted by Crippen LogP contribution is 2.35. The maximum atomic E-state index is 4.13. The number of aromatic amines is 1. The Morgan fingerprint density at radius 1 is 1.43 bits per heavy atom. The van der Waals surface area contributed by atoms with Gasteiger partial charge in [0.25, 0.3) is 0 Å². The molecule has 0 amide bonds. The highest BCUT2D eigenvalue weighted by molar-refractivity contribution is 7.12. The highest BCUT2D eigenvalue weighted by atomic mass is 32.1. The molecule has 0 unspecified atom stereocenters. The van der Waals surface area contributed by atoms with E-state index in [2.05, 4.69) is 23.2 Å². The van der Waals surface area contributed by atoms with Gasteiger partial charge in [-0.15, -0.1) is 11.3 Å². The molecule has 0 radical (unpaired) electrons. The van der Waals surface area contributed by atoms with Crippen molar-refractivity contribution < 1.29 is 0 Å². The molecule has 0 bridgehead atoms. The molecule has 0 saturated carbocycles. The van der Waals surface area contributed by atoms with Crippen LogP contribution in [-0.2, 0) is 12.8 Å². The molecule has 2 heterocycles. The van der Waals surface area contributed by atoms with E-state index in [0.717, 1.165) is 6.42 Å². The van der Waals surface area contributed by atoms with Crippen molar-refractivity contribution in [2.75, 3.05) is 0 Å². The third kappa shape index (κ3) is 1.12.